The van der Waals surface area contributed by atoms with E-state index in [0.29, 0.717) is 32.4 Å². The maximum absolute atomic E-state index is 12.6. The number of cyclic esters (lactones) is 1. The fourth-order valence-corrected chi connectivity index (χ4v) is 5.04. The van der Waals surface area contributed by atoms with Crippen LogP contribution in [-0.4, -0.2) is 59.0 Å². The molecule has 2 amide bonds. The van der Waals surface area contributed by atoms with Crippen LogP contribution in [0.1, 0.15) is 85.0 Å². The third-order valence-electron chi connectivity index (χ3n) is 6.54. The number of hydrogen-bond donors (Lipinski definition) is 1. The van der Waals surface area contributed by atoms with E-state index in [4.69, 9.17) is 9.47 Å². The van der Waals surface area contributed by atoms with Crippen molar-refractivity contribution in [3.63, 3.8) is 0 Å². The first-order chi connectivity index (χ1) is 14.6. The number of nitrogens with zero attached hydrogens (tertiary/aromatic N) is 1. The Balaban J connectivity index is 1.48. The number of piperidine rings is 1. The van der Waals surface area contributed by atoms with Gasteiger partial charge in [-0.3, -0.25) is 14.4 Å². The van der Waals surface area contributed by atoms with Gasteiger partial charge >= 0.3 is 12.1 Å². The monoisotopic (exact) mass is 436 g/mol. The minimum Gasteiger partial charge on any atom is -0.458 e. The number of likely N-dealkylation sites (tertiary alicyclic amines) is 1. The van der Waals surface area contributed by atoms with Crippen molar-refractivity contribution in [2.24, 2.45) is 5.92 Å². The molecule has 1 atom stereocenters. The molecule has 1 N–H and O–H groups in total. The van der Waals surface area contributed by atoms with Crippen molar-refractivity contribution in [1.29, 1.82) is 0 Å². The minimum absolute atomic E-state index is 0.00385. The zero-order valence-electron chi connectivity index (χ0n) is 19.0. The summed E-state index contributed by atoms with van der Waals surface area (Å²) in [5.74, 6) is -0.483. The topological polar surface area (TPSA) is 102 Å². The second kappa shape index (κ2) is 9.57. The summed E-state index contributed by atoms with van der Waals surface area (Å²) in [6.07, 6.45) is 5.72. The van der Waals surface area contributed by atoms with Gasteiger partial charge in [-0.25, -0.2) is 4.79 Å². The molecule has 0 radical (unpaired) electrons. The van der Waals surface area contributed by atoms with Crippen molar-refractivity contribution in [2.75, 3.05) is 13.1 Å². The molecule has 2 saturated heterocycles. The van der Waals surface area contributed by atoms with E-state index in [2.05, 4.69) is 5.32 Å². The van der Waals surface area contributed by atoms with E-state index in [1.807, 2.05) is 20.8 Å². The van der Waals surface area contributed by atoms with E-state index in [9.17, 15) is 19.2 Å². The number of Topliss-reactive ketones (excluding diaryl/α,β-unsaturated/α-hetero) is 1. The second-order valence-electron chi connectivity index (χ2n) is 10.2. The molecule has 174 valence electrons. The summed E-state index contributed by atoms with van der Waals surface area (Å²) < 4.78 is 11.2. The van der Waals surface area contributed by atoms with Crippen LogP contribution < -0.4 is 5.32 Å². The van der Waals surface area contributed by atoms with Crippen LogP contribution in [0.2, 0.25) is 0 Å². The minimum atomic E-state index is -0.819. The first kappa shape index (κ1) is 23.5. The number of rotatable bonds is 5. The van der Waals surface area contributed by atoms with Gasteiger partial charge in [0.1, 0.15) is 23.4 Å². The van der Waals surface area contributed by atoms with Crippen molar-refractivity contribution in [1.82, 2.24) is 10.2 Å². The highest BCUT2D eigenvalue weighted by Crippen LogP contribution is 2.43. The summed E-state index contributed by atoms with van der Waals surface area (Å²) >= 11 is 0. The van der Waals surface area contributed by atoms with Gasteiger partial charge < -0.3 is 19.7 Å². The second-order valence-corrected chi connectivity index (χ2v) is 10.2. The molecule has 1 saturated carbocycles. The van der Waals surface area contributed by atoms with Crippen LogP contribution in [0, 0.1) is 5.92 Å². The number of ether oxygens (including phenoxy) is 2. The molecule has 3 rings (SSSR count). The Hall–Kier alpha value is -2.12. The number of hydrogen-bond acceptors (Lipinski definition) is 6. The van der Waals surface area contributed by atoms with E-state index in [0.717, 1.165) is 25.7 Å². The average molecular weight is 437 g/mol. The quantitative estimate of drug-likeness (QED) is 0.525. The van der Waals surface area contributed by atoms with Gasteiger partial charge in [-0.2, -0.15) is 0 Å². The predicted molar refractivity (Wildman–Crippen MR) is 113 cm³/mol. The van der Waals surface area contributed by atoms with Gasteiger partial charge in [0.05, 0.1) is 0 Å². The van der Waals surface area contributed by atoms with E-state index < -0.39 is 17.2 Å². The Morgan fingerprint density at radius 2 is 1.77 bits per heavy atom. The Kier molecular flexibility index (Phi) is 7.27. The first-order valence-corrected chi connectivity index (χ1v) is 11.6. The highest BCUT2D eigenvalue weighted by atomic mass is 16.6. The van der Waals surface area contributed by atoms with Crippen molar-refractivity contribution < 1.29 is 28.7 Å². The Morgan fingerprint density at radius 1 is 1.13 bits per heavy atom. The smallest absolute Gasteiger partial charge is 0.410 e. The number of ketones is 1. The molecule has 1 aliphatic carbocycles. The molecule has 2 aliphatic heterocycles. The lowest BCUT2D eigenvalue weighted by Gasteiger charge is -2.41. The average Bonchev–Trinajstić information content (AvgIpc) is 3.20. The number of nitrogens with one attached hydrogen (secondary N) is 1. The van der Waals surface area contributed by atoms with Gasteiger partial charge in [-0.1, -0.05) is 12.8 Å². The highest BCUT2D eigenvalue weighted by molar-refractivity contribution is 5.98. The highest BCUT2D eigenvalue weighted by Gasteiger charge is 2.48. The normalized spacial score (nSPS) is 26.0. The molecule has 31 heavy (non-hydrogen) atoms. The molecule has 3 fully saturated rings. The van der Waals surface area contributed by atoms with E-state index in [1.54, 1.807) is 4.90 Å². The fraction of sp³-hybridized carbons (Fsp3) is 0.826. The van der Waals surface area contributed by atoms with Crippen LogP contribution in [0.15, 0.2) is 0 Å². The Bertz CT molecular complexity index is 683. The number of amides is 2. The van der Waals surface area contributed by atoms with E-state index in [1.165, 1.54) is 0 Å². The SMILES string of the molecule is CC(C)(C)OC(=O)N1CCC(NC(=O)CCC2(C3CCCC3)CC(=O)CC(=O)O2)CC1. The summed E-state index contributed by atoms with van der Waals surface area (Å²) in [5, 5.41) is 3.05. The molecule has 0 aromatic rings. The molecule has 0 aromatic carbocycles. The summed E-state index contributed by atoms with van der Waals surface area (Å²) in [5.41, 5.74) is -1.35. The van der Waals surface area contributed by atoms with Crippen LogP contribution in [0.25, 0.3) is 0 Å². The zero-order valence-corrected chi connectivity index (χ0v) is 19.0. The molecule has 3 aliphatic rings. The molecule has 0 spiro atoms. The maximum Gasteiger partial charge on any atom is 0.410 e. The lowest BCUT2D eigenvalue weighted by molar-refractivity contribution is -0.179. The Morgan fingerprint density at radius 3 is 2.35 bits per heavy atom. The summed E-state index contributed by atoms with van der Waals surface area (Å²) in [6, 6.07) is 0.00385. The third kappa shape index (κ3) is 6.43. The van der Waals surface area contributed by atoms with Crippen molar-refractivity contribution in [2.45, 2.75) is 102 Å². The van der Waals surface area contributed by atoms with Crippen molar-refractivity contribution in [3.05, 3.63) is 0 Å². The summed E-state index contributed by atoms with van der Waals surface area (Å²) in [7, 11) is 0. The van der Waals surface area contributed by atoms with Gasteiger partial charge in [-0.15, -0.1) is 0 Å². The van der Waals surface area contributed by atoms with Crippen molar-refractivity contribution in [3.8, 4) is 0 Å². The molecule has 0 aromatic heterocycles. The van der Waals surface area contributed by atoms with Crippen LogP contribution in [-0.2, 0) is 23.9 Å². The van der Waals surface area contributed by atoms with Crippen LogP contribution in [0.4, 0.5) is 4.79 Å². The van der Waals surface area contributed by atoms with E-state index >= 15 is 0 Å². The lowest BCUT2D eigenvalue weighted by Crippen LogP contribution is -2.50. The number of esters is 1. The zero-order chi connectivity index (χ0) is 22.6. The van der Waals surface area contributed by atoms with Gasteiger partial charge in [0.2, 0.25) is 5.91 Å². The van der Waals surface area contributed by atoms with Gasteiger partial charge in [-0.05, 0) is 58.8 Å². The molecular weight excluding hydrogens is 400 g/mol. The van der Waals surface area contributed by atoms with Crippen LogP contribution in [0.3, 0.4) is 0 Å². The fourth-order valence-electron chi connectivity index (χ4n) is 5.04. The van der Waals surface area contributed by atoms with Crippen molar-refractivity contribution >= 4 is 23.8 Å². The molecular formula is C23H36N2O6. The number of carbonyl (C=O) groups excluding carboxylic acids is 4. The lowest BCUT2D eigenvalue weighted by atomic mass is 9.76. The molecule has 1 unspecified atom stereocenters. The van der Waals surface area contributed by atoms with Gasteiger partial charge in [0.15, 0.2) is 0 Å². The number of carbonyl (C=O) groups is 4. The molecule has 2 heterocycles. The Labute approximate surface area is 184 Å². The third-order valence-corrected chi connectivity index (χ3v) is 6.54. The van der Waals surface area contributed by atoms with Gasteiger partial charge in [0, 0.05) is 32.0 Å². The molecule has 8 nitrogen and oxygen atoms in total. The first-order valence-electron chi connectivity index (χ1n) is 11.6. The maximum atomic E-state index is 12.6. The largest absolute Gasteiger partial charge is 0.458 e. The van der Waals surface area contributed by atoms with E-state index in [-0.39, 0.29) is 49.0 Å². The standard InChI is InChI=1S/C23H36N2O6/c1-22(2,3)31-21(29)25-12-9-17(10-13-25)24-19(27)8-11-23(16-6-4-5-7-16)15-18(26)14-20(28)30-23/h16-17H,4-15H2,1-3H3,(H,24,27). The molecule has 8 heteroatoms. The van der Waals surface area contributed by atoms with Crippen LogP contribution >= 0.6 is 0 Å². The predicted octanol–water partition coefficient (Wildman–Crippen LogP) is 3.12. The van der Waals surface area contributed by atoms with Crippen LogP contribution in [0.5, 0.6) is 0 Å². The molecule has 0 bridgehead atoms. The summed E-state index contributed by atoms with van der Waals surface area (Å²) in [4.78, 5) is 50.6. The summed E-state index contributed by atoms with van der Waals surface area (Å²) in [6.45, 7) is 6.60. The van der Waals surface area contributed by atoms with Gasteiger partial charge in [0.25, 0.3) is 0 Å².